The van der Waals surface area contributed by atoms with E-state index in [2.05, 4.69) is 4.98 Å². The fourth-order valence-electron chi connectivity index (χ4n) is 3.25. The predicted octanol–water partition coefficient (Wildman–Crippen LogP) is 3.75. The zero-order valence-corrected chi connectivity index (χ0v) is 17.7. The number of benzene rings is 2. The van der Waals surface area contributed by atoms with Crippen molar-refractivity contribution in [3.05, 3.63) is 65.0 Å². The van der Waals surface area contributed by atoms with Crippen LogP contribution in [0, 0.1) is 0 Å². The molecule has 0 saturated heterocycles. The Bertz CT molecular complexity index is 1040. The van der Waals surface area contributed by atoms with Crippen molar-refractivity contribution >= 4 is 34.3 Å². The molecular weight excluding hydrogens is 386 g/mol. The van der Waals surface area contributed by atoms with E-state index in [9.17, 15) is 9.59 Å². The van der Waals surface area contributed by atoms with Crippen LogP contribution in [0.15, 0.2) is 64.5 Å². The van der Waals surface area contributed by atoms with Gasteiger partial charge in [-0.15, -0.1) is 0 Å². The minimum atomic E-state index is -0.196. The molecule has 3 aromatic rings. The van der Waals surface area contributed by atoms with E-state index in [4.69, 9.17) is 4.74 Å². The molecule has 0 fully saturated rings. The Kier molecular flexibility index (Phi) is 7.06. The molecule has 6 nitrogen and oxygen atoms in total. The Morgan fingerprint density at radius 1 is 1.17 bits per heavy atom. The van der Waals surface area contributed by atoms with Crippen LogP contribution in [0.3, 0.4) is 0 Å². The molecule has 7 heteroatoms. The van der Waals surface area contributed by atoms with Gasteiger partial charge in [-0.1, -0.05) is 42.1 Å². The van der Waals surface area contributed by atoms with Gasteiger partial charge in [0.05, 0.1) is 29.3 Å². The monoisotopic (exact) mass is 411 g/mol. The molecule has 1 aromatic heterocycles. The fourth-order valence-corrected chi connectivity index (χ4v) is 4.22. The first-order valence-electron chi connectivity index (χ1n) is 9.55. The highest BCUT2D eigenvalue weighted by Crippen LogP contribution is 2.23. The Morgan fingerprint density at radius 3 is 2.55 bits per heavy atom. The van der Waals surface area contributed by atoms with Crippen molar-refractivity contribution in [3.8, 4) is 0 Å². The largest absolute Gasteiger partial charge is 0.383 e. The molecule has 0 bridgehead atoms. The zero-order chi connectivity index (χ0) is 20.8. The third-order valence-corrected chi connectivity index (χ3v) is 5.57. The van der Waals surface area contributed by atoms with Gasteiger partial charge in [0.2, 0.25) is 5.91 Å². The van der Waals surface area contributed by atoms with Gasteiger partial charge in [-0.2, -0.15) is 0 Å². The smallest absolute Gasteiger partial charge is 0.262 e. The molecule has 0 aliphatic carbocycles. The van der Waals surface area contributed by atoms with E-state index in [1.807, 2.05) is 62.4 Å². The van der Waals surface area contributed by atoms with Gasteiger partial charge in [0.25, 0.3) is 5.56 Å². The van der Waals surface area contributed by atoms with Gasteiger partial charge in [0.1, 0.15) is 0 Å². The molecule has 1 amide bonds. The van der Waals surface area contributed by atoms with Crippen LogP contribution in [-0.2, 0) is 9.53 Å². The Morgan fingerprint density at radius 2 is 1.86 bits per heavy atom. The number of fused-ring (bicyclic) bond motifs is 1. The summed E-state index contributed by atoms with van der Waals surface area (Å²) in [5.41, 5.74) is 1.37. The number of nitrogens with zero attached hydrogens (tertiary/aromatic N) is 3. The summed E-state index contributed by atoms with van der Waals surface area (Å²) in [6, 6.07) is 16.6. The van der Waals surface area contributed by atoms with Gasteiger partial charge >= 0.3 is 0 Å². The molecule has 0 radical (unpaired) electrons. The van der Waals surface area contributed by atoms with Gasteiger partial charge in [-0.05, 0) is 38.1 Å². The van der Waals surface area contributed by atoms with E-state index < -0.39 is 0 Å². The first-order chi connectivity index (χ1) is 14.1. The van der Waals surface area contributed by atoms with Gasteiger partial charge in [-0.3, -0.25) is 14.2 Å². The SMILES string of the molecule is CCN(C(=O)CSc1nc2ccccc2c(=O)n1[C@@H](C)COC)c1ccccc1. The molecule has 0 saturated carbocycles. The second kappa shape index (κ2) is 9.71. The van der Waals surface area contributed by atoms with Crippen molar-refractivity contribution in [3.63, 3.8) is 0 Å². The van der Waals surface area contributed by atoms with E-state index in [1.165, 1.54) is 11.8 Å². The zero-order valence-electron chi connectivity index (χ0n) is 16.9. The minimum Gasteiger partial charge on any atom is -0.383 e. The maximum absolute atomic E-state index is 13.1. The number of thioether (sulfide) groups is 1. The number of ether oxygens (including phenoxy) is 1. The molecule has 0 aliphatic rings. The number of rotatable bonds is 8. The number of anilines is 1. The van der Waals surface area contributed by atoms with Crippen molar-refractivity contribution in [1.29, 1.82) is 0 Å². The van der Waals surface area contributed by atoms with Crippen molar-refractivity contribution in [2.45, 2.75) is 25.0 Å². The fraction of sp³-hybridized carbons (Fsp3) is 0.318. The van der Waals surface area contributed by atoms with Crippen molar-refractivity contribution in [2.75, 3.05) is 30.9 Å². The predicted molar refractivity (Wildman–Crippen MR) is 118 cm³/mol. The molecular formula is C22H25N3O3S. The van der Waals surface area contributed by atoms with Crippen LogP contribution in [0.1, 0.15) is 19.9 Å². The van der Waals surface area contributed by atoms with E-state index in [0.717, 1.165) is 5.69 Å². The maximum atomic E-state index is 13.1. The lowest BCUT2D eigenvalue weighted by atomic mass is 10.2. The van der Waals surface area contributed by atoms with E-state index in [-0.39, 0.29) is 23.3 Å². The number of carbonyl (C=O) groups is 1. The van der Waals surface area contributed by atoms with Crippen LogP contribution in [0.4, 0.5) is 5.69 Å². The highest BCUT2D eigenvalue weighted by atomic mass is 32.2. The number of para-hydroxylation sites is 2. The second-order valence-corrected chi connectivity index (χ2v) is 7.60. The quantitative estimate of drug-likeness (QED) is 0.417. The van der Waals surface area contributed by atoms with Crippen molar-refractivity contribution in [2.24, 2.45) is 0 Å². The first kappa shape index (κ1) is 21.1. The van der Waals surface area contributed by atoms with Gasteiger partial charge in [0.15, 0.2) is 5.16 Å². The van der Waals surface area contributed by atoms with Gasteiger partial charge < -0.3 is 9.64 Å². The van der Waals surface area contributed by atoms with Crippen LogP contribution in [0.25, 0.3) is 10.9 Å². The number of amides is 1. The molecule has 0 spiro atoms. The summed E-state index contributed by atoms with van der Waals surface area (Å²) in [6.45, 7) is 4.81. The molecule has 0 unspecified atom stereocenters. The summed E-state index contributed by atoms with van der Waals surface area (Å²) >= 11 is 1.28. The van der Waals surface area contributed by atoms with Gasteiger partial charge in [-0.25, -0.2) is 4.98 Å². The number of carbonyl (C=O) groups excluding carboxylic acids is 1. The summed E-state index contributed by atoms with van der Waals surface area (Å²) in [4.78, 5) is 32.3. The summed E-state index contributed by atoms with van der Waals surface area (Å²) in [5, 5.41) is 1.08. The maximum Gasteiger partial charge on any atom is 0.262 e. The molecule has 1 atom stereocenters. The molecule has 0 aliphatic heterocycles. The first-order valence-corrected chi connectivity index (χ1v) is 10.5. The lowest BCUT2D eigenvalue weighted by Gasteiger charge is -2.22. The van der Waals surface area contributed by atoms with Crippen LogP contribution >= 0.6 is 11.8 Å². The summed E-state index contributed by atoms with van der Waals surface area (Å²) in [7, 11) is 1.60. The number of methoxy groups -OCH3 is 1. The molecule has 2 aromatic carbocycles. The number of hydrogen-bond acceptors (Lipinski definition) is 5. The van der Waals surface area contributed by atoms with Crippen molar-refractivity contribution < 1.29 is 9.53 Å². The lowest BCUT2D eigenvalue weighted by molar-refractivity contribution is -0.116. The summed E-state index contributed by atoms with van der Waals surface area (Å²) in [6.07, 6.45) is 0. The van der Waals surface area contributed by atoms with E-state index in [0.29, 0.717) is 29.2 Å². The number of aromatic nitrogens is 2. The highest BCUT2D eigenvalue weighted by Gasteiger charge is 2.19. The topological polar surface area (TPSA) is 64.4 Å². The van der Waals surface area contributed by atoms with Crippen LogP contribution in [-0.4, -0.2) is 41.5 Å². The van der Waals surface area contributed by atoms with E-state index in [1.54, 1.807) is 22.6 Å². The molecule has 29 heavy (non-hydrogen) atoms. The Labute approximate surface area is 174 Å². The van der Waals surface area contributed by atoms with Crippen LogP contribution in [0.2, 0.25) is 0 Å². The van der Waals surface area contributed by atoms with Crippen molar-refractivity contribution in [1.82, 2.24) is 9.55 Å². The Hall–Kier alpha value is -2.64. The summed E-state index contributed by atoms with van der Waals surface area (Å²) < 4.78 is 6.87. The van der Waals surface area contributed by atoms with E-state index >= 15 is 0 Å². The molecule has 152 valence electrons. The minimum absolute atomic E-state index is 0.0305. The molecule has 0 N–H and O–H groups in total. The third kappa shape index (κ3) is 4.68. The Balaban J connectivity index is 1.91. The normalized spacial score (nSPS) is 12.1. The average Bonchev–Trinajstić information content (AvgIpc) is 2.74. The lowest BCUT2D eigenvalue weighted by Crippen LogP contribution is -2.33. The van der Waals surface area contributed by atoms with Crippen LogP contribution < -0.4 is 10.5 Å². The second-order valence-electron chi connectivity index (χ2n) is 6.65. The molecule has 1 heterocycles. The average molecular weight is 412 g/mol. The molecule has 3 rings (SSSR count). The number of hydrogen-bond donors (Lipinski definition) is 0. The third-order valence-electron chi connectivity index (χ3n) is 4.63. The van der Waals surface area contributed by atoms with Gasteiger partial charge in [0, 0.05) is 19.3 Å². The highest BCUT2D eigenvalue weighted by molar-refractivity contribution is 7.99. The standard InChI is InChI=1S/C22H25N3O3S/c1-4-24(17-10-6-5-7-11-17)20(26)15-29-22-23-19-13-9-8-12-18(19)21(27)25(22)16(2)14-28-3/h5-13,16H,4,14-15H2,1-3H3/t16-/m0/s1. The summed E-state index contributed by atoms with van der Waals surface area (Å²) in [5.74, 6) is 0.157. The van der Waals surface area contributed by atoms with Crippen LogP contribution in [0.5, 0.6) is 0 Å².